The minimum atomic E-state index is -0.988. The largest absolute Gasteiger partial charge is 0.481 e. The van der Waals surface area contributed by atoms with Crippen LogP contribution in [0.2, 0.25) is 0 Å². The van der Waals surface area contributed by atoms with E-state index in [9.17, 15) is 15.0 Å². The van der Waals surface area contributed by atoms with E-state index in [2.05, 4.69) is 4.90 Å². The molecule has 2 N–H and O–H groups in total. The van der Waals surface area contributed by atoms with Crippen LogP contribution in [0.4, 0.5) is 0 Å². The average molecular weight is 227 g/mol. The SMILES string of the molecule is CCCC(C(=O)O)C1(O)CN2CCC1CC2. The normalized spacial score (nSPS) is 39.6. The van der Waals surface area contributed by atoms with Gasteiger partial charge in [-0.15, -0.1) is 0 Å². The number of carboxylic acid groups (broad SMARTS) is 1. The lowest BCUT2D eigenvalue weighted by Gasteiger charge is -2.52. The van der Waals surface area contributed by atoms with E-state index in [1.807, 2.05) is 6.92 Å². The van der Waals surface area contributed by atoms with Crippen LogP contribution in [-0.2, 0) is 4.79 Å². The number of nitrogens with zero attached hydrogens (tertiary/aromatic N) is 1. The average Bonchev–Trinajstić information content (AvgIpc) is 2.26. The van der Waals surface area contributed by atoms with E-state index in [1.165, 1.54) is 0 Å². The first-order valence-corrected chi connectivity index (χ1v) is 6.25. The number of piperidine rings is 3. The summed E-state index contributed by atoms with van der Waals surface area (Å²) in [6, 6.07) is 0. The zero-order chi connectivity index (χ0) is 11.8. The molecule has 92 valence electrons. The second-order valence-electron chi connectivity index (χ2n) is 5.22. The van der Waals surface area contributed by atoms with Gasteiger partial charge >= 0.3 is 5.97 Å². The first-order valence-electron chi connectivity index (χ1n) is 6.25. The first-order chi connectivity index (χ1) is 7.58. The molecule has 2 atom stereocenters. The minimum absolute atomic E-state index is 0.185. The standard InChI is InChI=1S/C12H21NO3/c1-2-3-10(11(14)15)12(16)8-13-6-4-9(12)5-7-13/h9-10,16H,2-8H2,1H3,(H,14,15). The summed E-state index contributed by atoms with van der Waals surface area (Å²) in [7, 11) is 0. The Morgan fingerprint density at radius 1 is 1.50 bits per heavy atom. The lowest BCUT2D eigenvalue weighted by molar-refractivity contribution is -0.176. The molecule has 3 heterocycles. The lowest BCUT2D eigenvalue weighted by Crippen LogP contribution is -2.63. The number of hydrogen-bond acceptors (Lipinski definition) is 3. The van der Waals surface area contributed by atoms with Crippen LogP contribution in [0.5, 0.6) is 0 Å². The van der Waals surface area contributed by atoms with E-state index in [0.717, 1.165) is 32.4 Å². The summed E-state index contributed by atoms with van der Waals surface area (Å²) in [4.78, 5) is 13.5. The Kier molecular flexibility index (Phi) is 3.22. The fourth-order valence-corrected chi connectivity index (χ4v) is 3.35. The third-order valence-corrected chi connectivity index (χ3v) is 4.25. The molecule has 2 unspecified atom stereocenters. The smallest absolute Gasteiger partial charge is 0.309 e. The molecule has 4 nitrogen and oxygen atoms in total. The number of carboxylic acids is 1. The van der Waals surface area contributed by atoms with Crippen molar-refractivity contribution >= 4 is 5.97 Å². The molecule has 16 heavy (non-hydrogen) atoms. The Balaban J connectivity index is 2.18. The molecule has 3 rings (SSSR count). The van der Waals surface area contributed by atoms with Crippen LogP contribution in [0.3, 0.4) is 0 Å². The van der Waals surface area contributed by atoms with E-state index in [-0.39, 0.29) is 5.92 Å². The van der Waals surface area contributed by atoms with Crippen LogP contribution >= 0.6 is 0 Å². The van der Waals surface area contributed by atoms with Crippen LogP contribution in [0.25, 0.3) is 0 Å². The topological polar surface area (TPSA) is 60.8 Å². The Labute approximate surface area is 96.3 Å². The molecule has 3 fully saturated rings. The summed E-state index contributed by atoms with van der Waals surface area (Å²) in [5.74, 6) is -1.24. The van der Waals surface area contributed by atoms with E-state index in [0.29, 0.717) is 13.0 Å². The van der Waals surface area contributed by atoms with Gasteiger partial charge in [-0.1, -0.05) is 13.3 Å². The highest BCUT2D eigenvalue weighted by Crippen LogP contribution is 2.41. The van der Waals surface area contributed by atoms with Gasteiger partial charge in [-0.05, 0) is 38.3 Å². The second-order valence-corrected chi connectivity index (χ2v) is 5.22. The van der Waals surface area contributed by atoms with Crippen molar-refractivity contribution in [2.45, 2.75) is 38.2 Å². The van der Waals surface area contributed by atoms with Crippen molar-refractivity contribution in [3.8, 4) is 0 Å². The molecule has 0 aromatic rings. The van der Waals surface area contributed by atoms with Crippen LogP contribution < -0.4 is 0 Å². The Hall–Kier alpha value is -0.610. The predicted octanol–water partition coefficient (Wildman–Crippen LogP) is 0.944. The molecular weight excluding hydrogens is 206 g/mol. The molecule has 0 amide bonds. The van der Waals surface area contributed by atoms with Gasteiger partial charge in [0.2, 0.25) is 0 Å². The Morgan fingerprint density at radius 2 is 2.12 bits per heavy atom. The highest BCUT2D eigenvalue weighted by molar-refractivity contribution is 5.71. The van der Waals surface area contributed by atoms with Crippen molar-refractivity contribution in [1.82, 2.24) is 4.90 Å². The van der Waals surface area contributed by atoms with Gasteiger partial charge in [-0.25, -0.2) is 0 Å². The Bertz CT molecular complexity index is 273. The maximum atomic E-state index is 11.3. The van der Waals surface area contributed by atoms with Crippen molar-refractivity contribution in [2.24, 2.45) is 11.8 Å². The molecule has 3 saturated heterocycles. The van der Waals surface area contributed by atoms with Crippen LogP contribution in [0.1, 0.15) is 32.6 Å². The lowest BCUT2D eigenvalue weighted by atomic mass is 9.67. The number of hydrogen-bond donors (Lipinski definition) is 2. The zero-order valence-corrected chi connectivity index (χ0v) is 9.85. The van der Waals surface area contributed by atoms with Gasteiger partial charge in [0.05, 0.1) is 11.5 Å². The van der Waals surface area contributed by atoms with Gasteiger partial charge in [-0.2, -0.15) is 0 Å². The maximum Gasteiger partial charge on any atom is 0.309 e. The summed E-state index contributed by atoms with van der Waals surface area (Å²) in [5, 5.41) is 20.0. The molecule has 0 aromatic carbocycles. The maximum absolute atomic E-state index is 11.3. The van der Waals surface area contributed by atoms with Crippen molar-refractivity contribution in [1.29, 1.82) is 0 Å². The summed E-state index contributed by atoms with van der Waals surface area (Å²) in [6.45, 7) is 4.56. The number of carbonyl (C=O) groups is 1. The quantitative estimate of drug-likeness (QED) is 0.750. The molecule has 0 aliphatic carbocycles. The number of aliphatic hydroxyl groups is 1. The van der Waals surface area contributed by atoms with Crippen LogP contribution in [-0.4, -0.2) is 46.3 Å². The molecule has 0 radical (unpaired) electrons. The highest BCUT2D eigenvalue weighted by Gasteiger charge is 2.52. The summed E-state index contributed by atoms with van der Waals surface area (Å²) < 4.78 is 0. The third kappa shape index (κ3) is 1.84. The summed E-state index contributed by atoms with van der Waals surface area (Å²) in [5.41, 5.74) is -0.988. The van der Waals surface area contributed by atoms with Crippen LogP contribution in [0, 0.1) is 11.8 Å². The fourth-order valence-electron chi connectivity index (χ4n) is 3.35. The number of rotatable bonds is 4. The number of aliphatic carboxylic acids is 1. The Morgan fingerprint density at radius 3 is 2.50 bits per heavy atom. The van der Waals surface area contributed by atoms with Crippen molar-refractivity contribution in [3.63, 3.8) is 0 Å². The van der Waals surface area contributed by atoms with Gasteiger partial charge < -0.3 is 15.1 Å². The van der Waals surface area contributed by atoms with E-state index in [4.69, 9.17) is 0 Å². The molecule has 3 aliphatic rings. The monoisotopic (exact) mass is 227 g/mol. The van der Waals surface area contributed by atoms with E-state index < -0.39 is 17.5 Å². The van der Waals surface area contributed by atoms with Crippen molar-refractivity contribution < 1.29 is 15.0 Å². The van der Waals surface area contributed by atoms with Gasteiger partial charge in [0.15, 0.2) is 0 Å². The summed E-state index contributed by atoms with van der Waals surface area (Å²) >= 11 is 0. The minimum Gasteiger partial charge on any atom is -0.481 e. The molecule has 2 bridgehead atoms. The molecule has 4 heteroatoms. The van der Waals surface area contributed by atoms with Crippen molar-refractivity contribution in [3.05, 3.63) is 0 Å². The molecule has 0 saturated carbocycles. The molecule has 0 spiro atoms. The highest BCUT2D eigenvalue weighted by atomic mass is 16.4. The van der Waals surface area contributed by atoms with Gasteiger partial charge in [-0.3, -0.25) is 4.79 Å². The zero-order valence-electron chi connectivity index (χ0n) is 9.85. The molecule has 3 aliphatic heterocycles. The van der Waals surface area contributed by atoms with Crippen LogP contribution in [0.15, 0.2) is 0 Å². The van der Waals surface area contributed by atoms with Gasteiger partial charge in [0.1, 0.15) is 0 Å². The van der Waals surface area contributed by atoms with E-state index >= 15 is 0 Å². The molecular formula is C12H21NO3. The van der Waals surface area contributed by atoms with Crippen molar-refractivity contribution in [2.75, 3.05) is 19.6 Å². The first kappa shape index (κ1) is 11.9. The van der Waals surface area contributed by atoms with Gasteiger partial charge in [0, 0.05) is 6.54 Å². The predicted molar refractivity (Wildman–Crippen MR) is 60.1 cm³/mol. The fraction of sp³-hybridized carbons (Fsp3) is 0.917. The number of fused-ring (bicyclic) bond motifs is 3. The third-order valence-electron chi connectivity index (χ3n) is 4.25. The van der Waals surface area contributed by atoms with Gasteiger partial charge in [0.25, 0.3) is 0 Å². The second kappa shape index (κ2) is 4.34. The molecule has 0 aromatic heterocycles. The summed E-state index contributed by atoms with van der Waals surface area (Å²) in [6.07, 6.45) is 3.29. The van der Waals surface area contributed by atoms with E-state index in [1.54, 1.807) is 0 Å².